The lowest BCUT2D eigenvalue weighted by molar-refractivity contribution is 0.572. The number of benzene rings is 1. The Morgan fingerprint density at radius 2 is 2.05 bits per heavy atom. The Kier molecular flexibility index (Phi) is 5.92. The molecular weight excluding hydrogens is 247 g/mol. The quantitative estimate of drug-likeness (QED) is 0.840. The summed E-state index contributed by atoms with van der Waals surface area (Å²) < 4.78 is 12.1. The molecule has 0 radical (unpaired) electrons. The Morgan fingerprint density at radius 3 is 2.58 bits per heavy atom. The van der Waals surface area contributed by atoms with E-state index >= 15 is 0 Å². The fourth-order valence-electron chi connectivity index (χ4n) is 1.27. The van der Waals surface area contributed by atoms with E-state index in [0.717, 1.165) is 19.2 Å². The van der Waals surface area contributed by atoms with Crippen molar-refractivity contribution < 1.29 is 4.39 Å². The molecule has 0 unspecified atom stereocenters. The Labute approximate surface area is 109 Å². The number of hydrogen-bond donors (Lipinski definition) is 2. The molecule has 2 aromatic rings. The molecule has 1 heterocycles. The standard InChI is InChI=1S/C8H11N.C5H2FN3O/c9-7-6-8-4-2-1-3-5-8;6-4-2-8-5(10)3(1-7)9-4/h1-5H,6-7,9H2;2H,(H,8,10). The second kappa shape index (κ2) is 7.74. The second-order valence-electron chi connectivity index (χ2n) is 3.54. The molecule has 6 heteroatoms. The molecule has 98 valence electrons. The van der Waals surface area contributed by atoms with Crippen LogP contribution in [0.3, 0.4) is 0 Å². The Morgan fingerprint density at radius 1 is 1.37 bits per heavy atom. The van der Waals surface area contributed by atoms with Crippen molar-refractivity contribution in [1.29, 1.82) is 5.26 Å². The van der Waals surface area contributed by atoms with Gasteiger partial charge < -0.3 is 10.7 Å². The van der Waals surface area contributed by atoms with Crippen molar-refractivity contribution in [2.45, 2.75) is 6.42 Å². The van der Waals surface area contributed by atoms with Crippen LogP contribution in [0.2, 0.25) is 0 Å². The van der Waals surface area contributed by atoms with Gasteiger partial charge in [0.25, 0.3) is 5.56 Å². The highest BCUT2D eigenvalue weighted by Gasteiger charge is 1.99. The molecule has 0 spiro atoms. The van der Waals surface area contributed by atoms with Gasteiger partial charge >= 0.3 is 0 Å². The lowest BCUT2D eigenvalue weighted by atomic mass is 10.2. The molecule has 5 nitrogen and oxygen atoms in total. The number of halogens is 1. The van der Waals surface area contributed by atoms with Gasteiger partial charge in [0.1, 0.15) is 6.07 Å². The van der Waals surface area contributed by atoms with Crippen molar-refractivity contribution in [3.05, 3.63) is 64.1 Å². The van der Waals surface area contributed by atoms with Crippen LogP contribution < -0.4 is 11.3 Å². The number of nitrogens with one attached hydrogen (secondary N) is 1. The van der Waals surface area contributed by atoms with Crippen LogP contribution in [-0.4, -0.2) is 16.5 Å². The van der Waals surface area contributed by atoms with Crippen LogP contribution in [0.4, 0.5) is 4.39 Å². The Hall–Kier alpha value is -2.52. The molecule has 19 heavy (non-hydrogen) atoms. The van der Waals surface area contributed by atoms with E-state index in [9.17, 15) is 9.18 Å². The predicted octanol–water partition coefficient (Wildman–Crippen LogP) is 0.968. The topological polar surface area (TPSA) is 95.6 Å². The van der Waals surface area contributed by atoms with Gasteiger partial charge in [0.05, 0.1) is 6.20 Å². The van der Waals surface area contributed by atoms with Crippen molar-refractivity contribution in [2.75, 3.05) is 6.54 Å². The Bertz CT molecular complexity index is 604. The highest BCUT2D eigenvalue weighted by molar-refractivity contribution is 5.15. The molecular formula is C13H13FN4O. The minimum atomic E-state index is -0.865. The van der Waals surface area contributed by atoms with Gasteiger partial charge in [0.15, 0.2) is 0 Å². The minimum Gasteiger partial charge on any atom is -0.330 e. The van der Waals surface area contributed by atoms with Crippen LogP contribution in [0.15, 0.2) is 41.3 Å². The van der Waals surface area contributed by atoms with Gasteiger partial charge in [-0.1, -0.05) is 30.3 Å². The maximum atomic E-state index is 12.1. The van der Waals surface area contributed by atoms with E-state index in [0.29, 0.717) is 0 Å². The van der Waals surface area contributed by atoms with Crippen LogP contribution in [0.1, 0.15) is 11.3 Å². The van der Waals surface area contributed by atoms with Crippen LogP contribution in [0.25, 0.3) is 0 Å². The third kappa shape index (κ3) is 5.10. The third-order valence-electron chi connectivity index (χ3n) is 2.14. The number of nitrogens with zero attached hydrogens (tertiary/aromatic N) is 2. The van der Waals surface area contributed by atoms with Crippen LogP contribution >= 0.6 is 0 Å². The highest BCUT2D eigenvalue weighted by atomic mass is 19.1. The first-order valence-electron chi connectivity index (χ1n) is 5.56. The number of aromatic amines is 1. The third-order valence-corrected chi connectivity index (χ3v) is 2.14. The fourth-order valence-corrected chi connectivity index (χ4v) is 1.27. The van der Waals surface area contributed by atoms with Gasteiger partial charge in [0.2, 0.25) is 11.6 Å². The number of H-pyrrole nitrogens is 1. The summed E-state index contributed by atoms with van der Waals surface area (Å²) in [6, 6.07) is 11.7. The summed E-state index contributed by atoms with van der Waals surface area (Å²) >= 11 is 0. The number of nitrogens with two attached hydrogens (primary N) is 1. The maximum Gasteiger partial charge on any atom is 0.284 e. The molecule has 1 aromatic heterocycles. The molecule has 0 saturated carbocycles. The van der Waals surface area contributed by atoms with E-state index < -0.39 is 17.2 Å². The molecule has 0 amide bonds. The molecule has 0 aliphatic carbocycles. The Balaban J connectivity index is 0.000000191. The molecule has 0 atom stereocenters. The SMILES string of the molecule is N#Cc1nc(F)c[nH]c1=O.NCCc1ccccc1. The van der Waals surface area contributed by atoms with E-state index in [1.54, 1.807) is 0 Å². The summed E-state index contributed by atoms with van der Waals surface area (Å²) in [6.07, 6.45) is 1.78. The smallest absolute Gasteiger partial charge is 0.284 e. The first kappa shape index (κ1) is 14.5. The molecule has 0 fully saturated rings. The molecule has 0 bridgehead atoms. The largest absolute Gasteiger partial charge is 0.330 e. The van der Waals surface area contributed by atoms with E-state index in [1.165, 1.54) is 11.6 Å². The summed E-state index contributed by atoms with van der Waals surface area (Å²) in [6.45, 7) is 0.740. The number of hydrogen-bond acceptors (Lipinski definition) is 4. The predicted molar refractivity (Wildman–Crippen MR) is 68.7 cm³/mol. The van der Waals surface area contributed by atoms with Gasteiger partial charge in [-0.25, -0.2) is 4.98 Å². The lowest BCUT2D eigenvalue weighted by Gasteiger charge is -1.93. The molecule has 0 aliphatic rings. The van der Waals surface area contributed by atoms with Gasteiger partial charge in [-0.15, -0.1) is 0 Å². The zero-order valence-corrected chi connectivity index (χ0v) is 10.1. The lowest BCUT2D eigenvalue weighted by Crippen LogP contribution is -2.12. The van der Waals surface area contributed by atoms with E-state index in [4.69, 9.17) is 11.0 Å². The van der Waals surface area contributed by atoms with Crippen molar-refractivity contribution in [3.8, 4) is 6.07 Å². The number of aromatic nitrogens is 2. The van der Waals surface area contributed by atoms with Gasteiger partial charge in [-0.2, -0.15) is 9.65 Å². The summed E-state index contributed by atoms with van der Waals surface area (Å²) in [5, 5.41) is 8.14. The summed E-state index contributed by atoms with van der Waals surface area (Å²) in [5.41, 5.74) is 5.54. The van der Waals surface area contributed by atoms with E-state index in [2.05, 4.69) is 17.1 Å². The highest BCUT2D eigenvalue weighted by Crippen LogP contribution is 1.96. The minimum absolute atomic E-state index is 0.458. The zero-order valence-electron chi connectivity index (χ0n) is 10.1. The van der Waals surface area contributed by atoms with E-state index in [1.807, 2.05) is 23.2 Å². The van der Waals surface area contributed by atoms with Crippen molar-refractivity contribution >= 4 is 0 Å². The first-order valence-corrected chi connectivity index (χ1v) is 5.56. The van der Waals surface area contributed by atoms with Gasteiger partial charge in [-0.05, 0) is 18.5 Å². The van der Waals surface area contributed by atoms with Crippen LogP contribution in [0.5, 0.6) is 0 Å². The monoisotopic (exact) mass is 260 g/mol. The molecule has 0 aliphatic heterocycles. The normalized spacial score (nSPS) is 9.11. The summed E-state index contributed by atoms with van der Waals surface area (Å²) in [4.78, 5) is 15.5. The van der Waals surface area contributed by atoms with Gasteiger partial charge in [0, 0.05) is 0 Å². The average Bonchev–Trinajstić information content (AvgIpc) is 2.44. The molecule has 3 N–H and O–H groups in total. The van der Waals surface area contributed by atoms with Crippen molar-refractivity contribution in [3.63, 3.8) is 0 Å². The maximum absolute atomic E-state index is 12.1. The molecule has 2 rings (SSSR count). The van der Waals surface area contributed by atoms with Crippen LogP contribution in [0, 0.1) is 17.3 Å². The molecule has 1 aromatic carbocycles. The zero-order chi connectivity index (χ0) is 14.1. The summed E-state index contributed by atoms with van der Waals surface area (Å²) in [7, 11) is 0. The first-order chi connectivity index (χ1) is 9.17. The summed E-state index contributed by atoms with van der Waals surface area (Å²) in [5.74, 6) is -0.865. The number of rotatable bonds is 2. The van der Waals surface area contributed by atoms with Crippen molar-refractivity contribution in [2.24, 2.45) is 5.73 Å². The van der Waals surface area contributed by atoms with Crippen molar-refractivity contribution in [1.82, 2.24) is 9.97 Å². The number of nitriles is 1. The fraction of sp³-hybridized carbons (Fsp3) is 0.154. The average molecular weight is 260 g/mol. The van der Waals surface area contributed by atoms with E-state index in [-0.39, 0.29) is 0 Å². The van der Waals surface area contributed by atoms with Gasteiger partial charge in [-0.3, -0.25) is 4.79 Å². The second-order valence-corrected chi connectivity index (χ2v) is 3.54. The van der Waals surface area contributed by atoms with Crippen LogP contribution in [-0.2, 0) is 6.42 Å². The molecule has 0 saturated heterocycles.